The fourth-order valence-corrected chi connectivity index (χ4v) is 3.84. The van der Waals surface area contributed by atoms with Gasteiger partial charge in [0.25, 0.3) is 0 Å². The summed E-state index contributed by atoms with van der Waals surface area (Å²) >= 11 is 1.53. The standard InChI is InChI=1S/C15H21N3O2S/c1-3-15(4-2)14(20)17-12(10-5-6-10)13(19)18(15)9-11-16-7-8-21-11/h7-8,10,12H,3-6,9H2,1-2H3,(H,17,20). The van der Waals surface area contributed by atoms with Crippen LogP contribution in [0.5, 0.6) is 0 Å². The first-order valence-electron chi connectivity index (χ1n) is 7.63. The number of aromatic nitrogens is 1. The molecule has 1 unspecified atom stereocenters. The Balaban J connectivity index is 1.94. The SMILES string of the molecule is CCC1(CC)C(=O)NC(C2CC2)C(=O)N1Cc1nccs1. The zero-order chi connectivity index (χ0) is 15.0. The molecule has 0 aromatic carbocycles. The van der Waals surface area contributed by atoms with Gasteiger partial charge in [-0.2, -0.15) is 0 Å². The van der Waals surface area contributed by atoms with Crippen molar-refractivity contribution in [3.63, 3.8) is 0 Å². The van der Waals surface area contributed by atoms with Gasteiger partial charge >= 0.3 is 0 Å². The summed E-state index contributed by atoms with van der Waals surface area (Å²) in [5, 5.41) is 5.78. The molecule has 1 saturated carbocycles. The van der Waals surface area contributed by atoms with Crippen LogP contribution in [0.4, 0.5) is 0 Å². The van der Waals surface area contributed by atoms with Crippen molar-refractivity contribution in [1.29, 1.82) is 0 Å². The Morgan fingerprint density at radius 1 is 1.38 bits per heavy atom. The number of nitrogens with one attached hydrogen (secondary N) is 1. The van der Waals surface area contributed by atoms with E-state index in [4.69, 9.17) is 0 Å². The summed E-state index contributed by atoms with van der Waals surface area (Å²) in [5.74, 6) is 0.392. The van der Waals surface area contributed by atoms with Crippen LogP contribution in [0.3, 0.4) is 0 Å². The van der Waals surface area contributed by atoms with Crippen molar-refractivity contribution < 1.29 is 9.59 Å². The molecule has 1 atom stereocenters. The van der Waals surface area contributed by atoms with E-state index in [1.54, 1.807) is 11.1 Å². The molecule has 2 heterocycles. The lowest BCUT2D eigenvalue weighted by Gasteiger charge is -2.47. The van der Waals surface area contributed by atoms with E-state index in [2.05, 4.69) is 10.3 Å². The van der Waals surface area contributed by atoms with Gasteiger partial charge in [0.1, 0.15) is 16.6 Å². The number of carbonyl (C=O) groups excluding carboxylic acids is 2. The number of hydrogen-bond acceptors (Lipinski definition) is 4. The van der Waals surface area contributed by atoms with Crippen molar-refractivity contribution in [3.05, 3.63) is 16.6 Å². The zero-order valence-electron chi connectivity index (χ0n) is 12.5. The fraction of sp³-hybridized carbons (Fsp3) is 0.667. The molecule has 2 fully saturated rings. The number of nitrogens with zero attached hydrogens (tertiary/aromatic N) is 2. The van der Waals surface area contributed by atoms with Crippen molar-refractivity contribution >= 4 is 23.2 Å². The number of hydrogen-bond donors (Lipinski definition) is 1. The number of amides is 2. The maximum atomic E-state index is 12.9. The van der Waals surface area contributed by atoms with Crippen LogP contribution < -0.4 is 5.32 Å². The van der Waals surface area contributed by atoms with Gasteiger partial charge in [-0.15, -0.1) is 11.3 Å². The monoisotopic (exact) mass is 307 g/mol. The first kappa shape index (κ1) is 14.5. The summed E-state index contributed by atoms with van der Waals surface area (Å²) in [7, 11) is 0. The smallest absolute Gasteiger partial charge is 0.246 e. The summed E-state index contributed by atoms with van der Waals surface area (Å²) in [6.45, 7) is 4.39. The molecule has 1 aromatic heterocycles. The predicted molar refractivity (Wildman–Crippen MR) is 80.6 cm³/mol. The van der Waals surface area contributed by atoms with Gasteiger partial charge in [0.15, 0.2) is 0 Å². The Kier molecular flexibility index (Phi) is 3.73. The van der Waals surface area contributed by atoms with Crippen molar-refractivity contribution in [2.24, 2.45) is 5.92 Å². The second-order valence-corrected chi connectivity index (χ2v) is 6.86. The van der Waals surface area contributed by atoms with Gasteiger partial charge < -0.3 is 10.2 Å². The minimum Gasteiger partial charge on any atom is -0.342 e. The first-order chi connectivity index (χ1) is 10.1. The van der Waals surface area contributed by atoms with Gasteiger partial charge in [-0.25, -0.2) is 4.98 Å². The molecule has 3 rings (SSSR count). The van der Waals surface area contributed by atoms with Crippen LogP contribution in [0.25, 0.3) is 0 Å². The van der Waals surface area contributed by atoms with Crippen LogP contribution in [-0.4, -0.2) is 33.3 Å². The molecule has 5 nitrogen and oxygen atoms in total. The van der Waals surface area contributed by atoms with E-state index in [0.717, 1.165) is 17.8 Å². The van der Waals surface area contributed by atoms with Crippen molar-refractivity contribution in [2.45, 2.75) is 57.7 Å². The maximum absolute atomic E-state index is 12.9. The largest absolute Gasteiger partial charge is 0.342 e. The fourth-order valence-electron chi connectivity index (χ4n) is 3.24. The molecule has 2 amide bonds. The molecule has 2 aliphatic rings. The topological polar surface area (TPSA) is 62.3 Å². The summed E-state index contributed by atoms with van der Waals surface area (Å²) in [6, 6.07) is -0.330. The molecule has 1 aliphatic heterocycles. The Morgan fingerprint density at radius 2 is 2.10 bits per heavy atom. The normalized spacial score (nSPS) is 25.0. The molecule has 0 bridgehead atoms. The highest BCUT2D eigenvalue weighted by atomic mass is 32.1. The minimum absolute atomic E-state index is 0.000515. The van der Waals surface area contributed by atoms with Gasteiger partial charge in [0.2, 0.25) is 11.8 Å². The third kappa shape index (κ3) is 2.35. The zero-order valence-corrected chi connectivity index (χ0v) is 13.3. The van der Waals surface area contributed by atoms with Gasteiger partial charge in [-0.3, -0.25) is 9.59 Å². The Morgan fingerprint density at radius 3 is 2.62 bits per heavy atom. The van der Waals surface area contributed by atoms with Gasteiger partial charge in [-0.05, 0) is 31.6 Å². The molecule has 114 valence electrons. The molecule has 0 spiro atoms. The second-order valence-electron chi connectivity index (χ2n) is 5.88. The lowest BCUT2D eigenvalue weighted by molar-refractivity contribution is -0.160. The summed E-state index contributed by atoms with van der Waals surface area (Å²) in [5.41, 5.74) is -0.728. The Bertz CT molecular complexity index is 535. The minimum atomic E-state index is -0.728. The van der Waals surface area contributed by atoms with E-state index in [9.17, 15) is 9.59 Å². The van der Waals surface area contributed by atoms with Crippen LogP contribution >= 0.6 is 11.3 Å². The van der Waals surface area contributed by atoms with E-state index in [1.165, 1.54) is 11.3 Å². The third-order valence-electron chi connectivity index (χ3n) is 4.80. The van der Waals surface area contributed by atoms with Crippen LogP contribution in [0.1, 0.15) is 44.5 Å². The van der Waals surface area contributed by atoms with Crippen LogP contribution in [0.15, 0.2) is 11.6 Å². The van der Waals surface area contributed by atoms with E-state index in [-0.39, 0.29) is 17.9 Å². The van der Waals surface area contributed by atoms with Gasteiger partial charge in [0, 0.05) is 11.6 Å². The van der Waals surface area contributed by atoms with E-state index in [0.29, 0.717) is 25.3 Å². The average Bonchev–Trinajstić information content (AvgIpc) is 3.20. The summed E-state index contributed by atoms with van der Waals surface area (Å²) in [4.78, 5) is 31.7. The van der Waals surface area contributed by atoms with E-state index >= 15 is 0 Å². The third-order valence-corrected chi connectivity index (χ3v) is 5.56. The highest BCUT2D eigenvalue weighted by molar-refractivity contribution is 7.09. The highest BCUT2D eigenvalue weighted by Crippen LogP contribution is 2.39. The number of thiazole rings is 1. The highest BCUT2D eigenvalue weighted by Gasteiger charge is 2.53. The van der Waals surface area contributed by atoms with Gasteiger partial charge in [0.05, 0.1) is 6.54 Å². The van der Waals surface area contributed by atoms with Gasteiger partial charge in [-0.1, -0.05) is 13.8 Å². The quantitative estimate of drug-likeness (QED) is 0.904. The van der Waals surface area contributed by atoms with Crippen molar-refractivity contribution in [2.75, 3.05) is 0 Å². The lowest BCUT2D eigenvalue weighted by Crippen LogP contribution is -2.70. The number of piperazine rings is 1. The molecule has 1 saturated heterocycles. The Labute approximate surface area is 128 Å². The summed E-state index contributed by atoms with van der Waals surface area (Å²) < 4.78 is 0. The van der Waals surface area contributed by atoms with Crippen molar-refractivity contribution in [1.82, 2.24) is 15.2 Å². The van der Waals surface area contributed by atoms with Crippen LogP contribution in [-0.2, 0) is 16.1 Å². The molecule has 0 radical (unpaired) electrons. The Hall–Kier alpha value is -1.43. The molecule has 1 aliphatic carbocycles. The second kappa shape index (κ2) is 5.40. The number of carbonyl (C=O) groups is 2. The summed E-state index contributed by atoms with van der Waals surface area (Å²) in [6.07, 6.45) is 5.07. The molecule has 1 N–H and O–H groups in total. The molecule has 21 heavy (non-hydrogen) atoms. The lowest BCUT2D eigenvalue weighted by atomic mass is 9.85. The predicted octanol–water partition coefficient (Wildman–Crippen LogP) is 1.94. The van der Waals surface area contributed by atoms with E-state index in [1.807, 2.05) is 19.2 Å². The number of rotatable bonds is 5. The average molecular weight is 307 g/mol. The van der Waals surface area contributed by atoms with Crippen LogP contribution in [0, 0.1) is 5.92 Å². The van der Waals surface area contributed by atoms with Crippen LogP contribution in [0.2, 0.25) is 0 Å². The molecule has 1 aromatic rings. The molecule has 6 heteroatoms. The molecular formula is C15H21N3O2S. The maximum Gasteiger partial charge on any atom is 0.246 e. The van der Waals surface area contributed by atoms with E-state index < -0.39 is 5.54 Å². The molecular weight excluding hydrogens is 286 g/mol. The first-order valence-corrected chi connectivity index (χ1v) is 8.51. The van der Waals surface area contributed by atoms with Crippen molar-refractivity contribution in [3.8, 4) is 0 Å².